The molecule has 1 aliphatic rings. The van der Waals surface area contributed by atoms with Crippen molar-refractivity contribution in [3.63, 3.8) is 0 Å². The van der Waals surface area contributed by atoms with Crippen LogP contribution >= 0.6 is 15.9 Å². The molecule has 1 saturated heterocycles. The molecule has 2 heterocycles. The van der Waals surface area contributed by atoms with Crippen molar-refractivity contribution < 1.29 is 0 Å². The highest BCUT2D eigenvalue weighted by atomic mass is 79.9. The van der Waals surface area contributed by atoms with Crippen molar-refractivity contribution in [2.75, 3.05) is 11.4 Å². The molecule has 88 valence electrons. The fourth-order valence-electron chi connectivity index (χ4n) is 2.45. The Morgan fingerprint density at radius 1 is 1.50 bits per heavy atom. The van der Waals surface area contributed by atoms with Gasteiger partial charge in [0.15, 0.2) is 0 Å². The van der Waals surface area contributed by atoms with Gasteiger partial charge >= 0.3 is 0 Å². The maximum absolute atomic E-state index is 5.84. The van der Waals surface area contributed by atoms with Crippen LogP contribution in [0.3, 0.4) is 0 Å². The number of pyridine rings is 1. The van der Waals surface area contributed by atoms with E-state index in [4.69, 9.17) is 5.73 Å². The molecule has 2 rings (SSSR count). The summed E-state index contributed by atoms with van der Waals surface area (Å²) in [5, 5.41) is 0. The van der Waals surface area contributed by atoms with Gasteiger partial charge in [-0.1, -0.05) is 0 Å². The Morgan fingerprint density at radius 2 is 2.31 bits per heavy atom. The van der Waals surface area contributed by atoms with E-state index >= 15 is 0 Å². The van der Waals surface area contributed by atoms with Gasteiger partial charge in [-0.2, -0.15) is 0 Å². The number of anilines is 1. The highest BCUT2D eigenvalue weighted by Gasteiger charge is 2.27. The molecule has 1 fully saturated rings. The van der Waals surface area contributed by atoms with E-state index in [1.54, 1.807) is 0 Å². The van der Waals surface area contributed by atoms with Crippen molar-refractivity contribution in [1.29, 1.82) is 0 Å². The van der Waals surface area contributed by atoms with Gasteiger partial charge in [0.1, 0.15) is 5.82 Å². The summed E-state index contributed by atoms with van der Waals surface area (Å²) in [5.41, 5.74) is 5.84. The average Bonchev–Trinajstić information content (AvgIpc) is 2.30. The monoisotopic (exact) mass is 283 g/mol. The first-order valence-electron chi connectivity index (χ1n) is 5.82. The molecule has 0 spiro atoms. The van der Waals surface area contributed by atoms with Crippen LogP contribution in [0.15, 0.2) is 22.8 Å². The minimum absolute atomic E-state index is 0.442. The highest BCUT2D eigenvalue weighted by Crippen LogP contribution is 2.27. The van der Waals surface area contributed by atoms with E-state index in [-0.39, 0.29) is 0 Å². The number of aromatic nitrogens is 1. The minimum Gasteiger partial charge on any atom is -0.350 e. The summed E-state index contributed by atoms with van der Waals surface area (Å²) >= 11 is 3.41. The third-order valence-corrected chi connectivity index (χ3v) is 3.74. The van der Waals surface area contributed by atoms with Crippen LogP contribution in [0.5, 0.6) is 0 Å². The van der Waals surface area contributed by atoms with Crippen molar-refractivity contribution in [2.45, 2.75) is 38.3 Å². The second-order valence-electron chi connectivity index (χ2n) is 4.41. The van der Waals surface area contributed by atoms with Crippen molar-refractivity contribution in [3.05, 3.63) is 22.8 Å². The lowest BCUT2D eigenvalue weighted by atomic mass is 9.96. The van der Waals surface area contributed by atoms with Gasteiger partial charge < -0.3 is 10.6 Å². The molecule has 2 N–H and O–H groups in total. The first-order chi connectivity index (χ1) is 7.72. The first kappa shape index (κ1) is 11.9. The van der Waals surface area contributed by atoms with Crippen molar-refractivity contribution in [3.8, 4) is 0 Å². The summed E-state index contributed by atoms with van der Waals surface area (Å²) in [5.74, 6) is 1.05. The Balaban J connectivity index is 2.24. The van der Waals surface area contributed by atoms with Gasteiger partial charge in [-0.05, 0) is 54.2 Å². The third-order valence-electron chi connectivity index (χ3n) is 3.28. The Kier molecular flexibility index (Phi) is 3.82. The molecule has 0 amide bonds. The third kappa shape index (κ3) is 2.38. The molecule has 0 radical (unpaired) electrons. The van der Waals surface area contributed by atoms with Gasteiger partial charge in [0.25, 0.3) is 0 Å². The number of hydrogen-bond donors (Lipinski definition) is 1. The summed E-state index contributed by atoms with van der Waals surface area (Å²) in [7, 11) is 0. The maximum atomic E-state index is 5.84. The van der Waals surface area contributed by atoms with Crippen LogP contribution < -0.4 is 10.6 Å². The number of halogens is 1. The number of piperidine rings is 1. The van der Waals surface area contributed by atoms with Crippen LogP contribution in [0.25, 0.3) is 0 Å². The van der Waals surface area contributed by atoms with E-state index in [9.17, 15) is 0 Å². The van der Waals surface area contributed by atoms with Gasteiger partial charge in [-0.15, -0.1) is 0 Å². The normalized spacial score (nSPS) is 25.8. The van der Waals surface area contributed by atoms with E-state index in [1.165, 1.54) is 19.3 Å². The van der Waals surface area contributed by atoms with E-state index in [0.29, 0.717) is 18.6 Å². The fourth-order valence-corrected chi connectivity index (χ4v) is 2.69. The van der Waals surface area contributed by atoms with Crippen LogP contribution in [0, 0.1) is 0 Å². The largest absolute Gasteiger partial charge is 0.350 e. The lowest BCUT2D eigenvalue weighted by Gasteiger charge is -2.41. The molecule has 0 aliphatic carbocycles. The second kappa shape index (κ2) is 5.15. The van der Waals surface area contributed by atoms with Crippen LogP contribution in [-0.2, 0) is 0 Å². The topological polar surface area (TPSA) is 42.1 Å². The van der Waals surface area contributed by atoms with E-state index in [2.05, 4.69) is 38.8 Å². The molecule has 0 aromatic carbocycles. The summed E-state index contributed by atoms with van der Waals surface area (Å²) in [6, 6.07) is 5.08. The number of hydrogen-bond acceptors (Lipinski definition) is 3. The van der Waals surface area contributed by atoms with Crippen molar-refractivity contribution >= 4 is 21.7 Å². The smallest absolute Gasteiger partial charge is 0.129 e. The highest BCUT2D eigenvalue weighted by molar-refractivity contribution is 9.10. The zero-order valence-corrected chi connectivity index (χ0v) is 11.2. The van der Waals surface area contributed by atoms with E-state index in [1.807, 2.05) is 12.3 Å². The fraction of sp³-hybridized carbons (Fsp3) is 0.583. The predicted molar refractivity (Wildman–Crippen MR) is 70.6 cm³/mol. The number of nitrogens with zero attached hydrogens (tertiary/aromatic N) is 2. The maximum Gasteiger partial charge on any atom is 0.129 e. The Hall–Kier alpha value is -0.610. The average molecular weight is 284 g/mol. The second-order valence-corrected chi connectivity index (χ2v) is 5.33. The van der Waals surface area contributed by atoms with Gasteiger partial charge in [-0.3, -0.25) is 0 Å². The number of nitrogens with two attached hydrogens (primary N) is 1. The Labute approximate surface area is 105 Å². The van der Waals surface area contributed by atoms with Gasteiger partial charge in [0.2, 0.25) is 0 Å². The lowest BCUT2D eigenvalue weighted by molar-refractivity contribution is 0.398. The van der Waals surface area contributed by atoms with Gasteiger partial charge in [0.05, 0.1) is 0 Å². The molecule has 2 atom stereocenters. The van der Waals surface area contributed by atoms with Crippen LogP contribution in [0.1, 0.15) is 26.2 Å². The van der Waals surface area contributed by atoms with Crippen molar-refractivity contribution in [1.82, 2.24) is 4.98 Å². The zero-order chi connectivity index (χ0) is 11.5. The molecule has 3 nitrogen and oxygen atoms in total. The zero-order valence-electron chi connectivity index (χ0n) is 9.56. The Bertz CT molecular complexity index is 339. The molecule has 1 aliphatic heterocycles. The minimum atomic E-state index is 0.442. The van der Waals surface area contributed by atoms with Crippen molar-refractivity contribution in [2.24, 2.45) is 5.73 Å². The SMILES string of the molecule is CC1CCCC(CN)N1c1ccc(Br)cn1. The molecule has 4 heteroatoms. The molecule has 16 heavy (non-hydrogen) atoms. The molecule has 2 unspecified atom stereocenters. The standard InChI is InChI=1S/C12H18BrN3/c1-9-3-2-4-11(7-14)16(9)12-6-5-10(13)8-15-12/h5-6,8-9,11H,2-4,7,14H2,1H3. The molecule has 1 aromatic rings. The van der Waals surface area contributed by atoms with Crippen LogP contribution in [0.2, 0.25) is 0 Å². The van der Waals surface area contributed by atoms with Crippen LogP contribution in [0.4, 0.5) is 5.82 Å². The number of rotatable bonds is 2. The first-order valence-corrected chi connectivity index (χ1v) is 6.61. The summed E-state index contributed by atoms with van der Waals surface area (Å²) in [6.45, 7) is 2.97. The molecular formula is C12H18BrN3. The lowest BCUT2D eigenvalue weighted by Crippen LogP contribution is -2.49. The van der Waals surface area contributed by atoms with Gasteiger partial charge in [-0.25, -0.2) is 4.98 Å². The summed E-state index contributed by atoms with van der Waals surface area (Å²) in [4.78, 5) is 6.85. The predicted octanol–water partition coefficient (Wildman–Crippen LogP) is 2.55. The molecule has 1 aromatic heterocycles. The van der Waals surface area contributed by atoms with Crippen LogP contribution in [-0.4, -0.2) is 23.6 Å². The molecular weight excluding hydrogens is 266 g/mol. The van der Waals surface area contributed by atoms with E-state index < -0.39 is 0 Å². The van der Waals surface area contributed by atoms with E-state index in [0.717, 1.165) is 10.3 Å². The quantitative estimate of drug-likeness (QED) is 0.907. The Morgan fingerprint density at radius 3 is 2.94 bits per heavy atom. The molecule has 0 bridgehead atoms. The summed E-state index contributed by atoms with van der Waals surface area (Å²) < 4.78 is 1.02. The summed E-state index contributed by atoms with van der Waals surface area (Å²) in [6.07, 6.45) is 5.53. The molecule has 0 saturated carbocycles. The van der Waals surface area contributed by atoms with Gasteiger partial charge in [0, 0.05) is 29.3 Å².